The van der Waals surface area contributed by atoms with Crippen molar-refractivity contribution in [3.8, 4) is 0 Å². The first kappa shape index (κ1) is 68.8. The molecule has 69 heavy (non-hydrogen) atoms. The molecule has 0 saturated heterocycles. The normalized spacial score (nSPS) is 15.8. The minimum absolute atomic E-state index is 0.0216. The molecule has 0 aliphatic heterocycles. The Bertz CT molecular complexity index is 1350. The number of phosphoric ester groups is 4. The molecule has 0 aliphatic carbocycles. The molecule has 5 unspecified atom stereocenters. The van der Waals surface area contributed by atoms with Crippen molar-refractivity contribution in [3.05, 3.63) is 0 Å². The standard InChI is InChI=1S/C34H76N2O29P4/c1-35-31-57-28-33(27-37)65-69(45,46)62-26-22-56-18-14-52-10-6-48-4-8-50-12-16-54-20-24-60-67(41,42)59-23-19-53-15-11-49-7-3-47-5-9-51-13-17-55-21-25-61-68(43,44)63-30-34(29-58-32-36-2)64-66(38,39)40/h33-37H,3-32H2,1-2H3,(H,41,42)(H,43,44)(H,45,46)(H2,38,39,40). The monoisotopic (exact) mass is 1100 g/mol. The van der Waals surface area contributed by atoms with E-state index in [1.54, 1.807) is 14.1 Å². The van der Waals surface area contributed by atoms with Crippen molar-refractivity contribution < 1.29 is 136 Å². The molecule has 0 radical (unpaired) electrons. The Morgan fingerprint density at radius 3 is 0.870 bits per heavy atom. The molecule has 0 rings (SSSR count). The topological polar surface area (TPSA) is 389 Å². The van der Waals surface area contributed by atoms with Crippen LogP contribution in [0.5, 0.6) is 0 Å². The Kier molecular flexibility index (Phi) is 46.3. The molecule has 0 aromatic carbocycles. The zero-order valence-corrected chi connectivity index (χ0v) is 42.8. The van der Waals surface area contributed by atoms with Crippen molar-refractivity contribution in [1.82, 2.24) is 10.6 Å². The molecule has 0 saturated carbocycles. The van der Waals surface area contributed by atoms with Crippen LogP contribution in [0, 0.1) is 0 Å². The molecule has 0 aliphatic rings. The van der Waals surface area contributed by atoms with Crippen LogP contribution in [-0.2, 0) is 107 Å². The van der Waals surface area contributed by atoms with Gasteiger partial charge in [-0.3, -0.25) is 42.3 Å². The summed E-state index contributed by atoms with van der Waals surface area (Å²) in [6, 6.07) is 0. The van der Waals surface area contributed by atoms with Crippen molar-refractivity contribution in [1.29, 1.82) is 0 Å². The van der Waals surface area contributed by atoms with Crippen LogP contribution in [0.25, 0.3) is 0 Å². The number of aliphatic hydroxyl groups excluding tert-OH is 1. The van der Waals surface area contributed by atoms with E-state index < -0.39 is 56.7 Å². The maximum atomic E-state index is 12.0. The van der Waals surface area contributed by atoms with E-state index in [-0.39, 0.29) is 139 Å². The highest BCUT2D eigenvalue weighted by Gasteiger charge is 2.29. The van der Waals surface area contributed by atoms with Gasteiger partial charge in [0.25, 0.3) is 0 Å². The van der Waals surface area contributed by atoms with E-state index in [0.29, 0.717) is 46.2 Å². The summed E-state index contributed by atoms with van der Waals surface area (Å²) in [7, 11) is -14.9. The van der Waals surface area contributed by atoms with Crippen LogP contribution in [-0.4, -0.2) is 254 Å². The molecule has 5 atom stereocenters. The van der Waals surface area contributed by atoms with Crippen LogP contribution in [0.1, 0.15) is 0 Å². The van der Waals surface area contributed by atoms with Crippen molar-refractivity contribution in [3.63, 3.8) is 0 Å². The summed E-state index contributed by atoms with van der Waals surface area (Å²) in [5, 5.41) is 14.6. The predicted molar refractivity (Wildman–Crippen MR) is 236 cm³/mol. The second-order valence-electron chi connectivity index (χ2n) is 13.0. The van der Waals surface area contributed by atoms with Gasteiger partial charge in [0.2, 0.25) is 0 Å². The fraction of sp³-hybridized carbons (Fsp3) is 1.00. The smallest absolute Gasteiger partial charge is 0.394 e. The van der Waals surface area contributed by atoms with Gasteiger partial charge in [-0.25, -0.2) is 18.3 Å². The highest BCUT2D eigenvalue weighted by atomic mass is 31.2. The molecule has 0 aromatic rings. The van der Waals surface area contributed by atoms with Crippen LogP contribution >= 0.6 is 31.3 Å². The number of rotatable bonds is 56. The number of ether oxygens (including phenoxy) is 12. The Morgan fingerprint density at radius 2 is 0.594 bits per heavy atom. The van der Waals surface area contributed by atoms with Gasteiger partial charge in [-0.15, -0.1) is 0 Å². The third-order valence-electron chi connectivity index (χ3n) is 7.20. The number of aliphatic hydroxyl groups is 1. The summed E-state index contributed by atoms with van der Waals surface area (Å²) >= 11 is 0. The van der Waals surface area contributed by atoms with E-state index in [1.807, 2.05) is 0 Å². The van der Waals surface area contributed by atoms with Crippen LogP contribution in [0.4, 0.5) is 0 Å². The molecule has 8 N–H and O–H groups in total. The largest absolute Gasteiger partial charge is 0.472 e. The van der Waals surface area contributed by atoms with E-state index in [2.05, 4.69) is 15.2 Å². The van der Waals surface area contributed by atoms with E-state index >= 15 is 0 Å². The molecule has 0 bridgehead atoms. The number of hydrogen-bond acceptors (Lipinski definition) is 26. The number of phosphoric acid groups is 4. The average Bonchev–Trinajstić information content (AvgIpc) is 3.29. The molecular formula is C34H76N2O29P4. The van der Waals surface area contributed by atoms with Gasteiger partial charge in [-0.2, -0.15) is 0 Å². The van der Waals surface area contributed by atoms with Crippen LogP contribution < -0.4 is 10.6 Å². The molecule has 0 spiro atoms. The van der Waals surface area contributed by atoms with Crippen molar-refractivity contribution >= 4 is 31.3 Å². The Morgan fingerprint density at radius 1 is 0.333 bits per heavy atom. The molecule has 35 heteroatoms. The zero-order chi connectivity index (χ0) is 51.2. The Hall–Kier alpha value is -0.160. The first-order valence-corrected chi connectivity index (χ1v) is 27.5. The summed E-state index contributed by atoms with van der Waals surface area (Å²) in [4.78, 5) is 47.2. The first-order chi connectivity index (χ1) is 33.0. The van der Waals surface area contributed by atoms with Crippen LogP contribution in [0.2, 0.25) is 0 Å². The summed E-state index contributed by atoms with van der Waals surface area (Å²) in [6.45, 7) is 2.03. The third-order valence-corrected chi connectivity index (χ3v) is 10.8. The van der Waals surface area contributed by atoms with Gasteiger partial charge in [0.1, 0.15) is 12.2 Å². The highest BCUT2D eigenvalue weighted by Crippen LogP contribution is 2.45. The molecule has 0 amide bonds. The molecule has 416 valence electrons. The van der Waals surface area contributed by atoms with Crippen LogP contribution in [0.3, 0.4) is 0 Å². The quantitative estimate of drug-likeness (QED) is 0.0201. The van der Waals surface area contributed by atoms with Crippen molar-refractivity contribution in [2.45, 2.75) is 12.2 Å². The summed E-state index contributed by atoms with van der Waals surface area (Å²) in [5.41, 5.74) is 0. The molecule has 31 nitrogen and oxygen atoms in total. The Balaban J connectivity index is 3.51. The predicted octanol–water partition coefficient (Wildman–Crippen LogP) is -1.22. The lowest BCUT2D eigenvalue weighted by Gasteiger charge is -2.20. The lowest BCUT2D eigenvalue weighted by atomic mass is 10.4. The maximum Gasteiger partial charge on any atom is 0.472 e. The zero-order valence-electron chi connectivity index (χ0n) is 39.2. The van der Waals surface area contributed by atoms with Gasteiger partial charge in [0.15, 0.2) is 0 Å². The third kappa shape index (κ3) is 51.1. The van der Waals surface area contributed by atoms with Crippen molar-refractivity contribution in [2.24, 2.45) is 0 Å². The van der Waals surface area contributed by atoms with Gasteiger partial charge in [0, 0.05) is 0 Å². The van der Waals surface area contributed by atoms with Gasteiger partial charge < -0.3 is 86.4 Å². The average molecular weight is 1100 g/mol. The van der Waals surface area contributed by atoms with Gasteiger partial charge in [-0.05, 0) is 14.1 Å². The van der Waals surface area contributed by atoms with Gasteiger partial charge in [-0.1, -0.05) is 0 Å². The van der Waals surface area contributed by atoms with Crippen molar-refractivity contribution in [2.75, 3.05) is 213 Å². The number of hydrogen-bond donors (Lipinski definition) is 8. The lowest BCUT2D eigenvalue weighted by Crippen LogP contribution is -2.27. The lowest BCUT2D eigenvalue weighted by molar-refractivity contribution is -0.0196. The first-order valence-electron chi connectivity index (χ1n) is 21.5. The van der Waals surface area contributed by atoms with E-state index in [0.717, 1.165) is 0 Å². The van der Waals surface area contributed by atoms with E-state index in [9.17, 15) is 38.0 Å². The summed E-state index contributed by atoms with van der Waals surface area (Å²) in [5.74, 6) is 0. The second-order valence-corrected chi connectivity index (χ2v) is 18.5. The minimum atomic E-state index is -4.90. The number of nitrogens with one attached hydrogen (secondary N) is 2. The fourth-order valence-corrected chi connectivity index (χ4v) is 7.08. The summed E-state index contributed by atoms with van der Waals surface area (Å²) in [6.07, 6.45) is -2.35. The molecule has 0 fully saturated rings. The molecular weight excluding hydrogens is 1020 g/mol. The Labute approximate surface area is 402 Å². The second kappa shape index (κ2) is 46.4. The fourth-order valence-electron chi connectivity index (χ4n) is 4.28. The van der Waals surface area contributed by atoms with Crippen LogP contribution in [0.15, 0.2) is 0 Å². The SMILES string of the molecule is CNCOCC(COP(=O)(O)OCCOCCOCCOCCOCCOCCOP(=O)(O)OCCOCCOCCOCCOCCOCCOP(=O)(O)OC(CO)COCNC)OP(=O)(O)O. The van der Waals surface area contributed by atoms with Gasteiger partial charge >= 0.3 is 31.3 Å². The minimum Gasteiger partial charge on any atom is -0.394 e. The van der Waals surface area contributed by atoms with Gasteiger partial charge in [0.05, 0.1) is 198 Å². The van der Waals surface area contributed by atoms with E-state index in [4.69, 9.17) is 93.8 Å². The van der Waals surface area contributed by atoms with E-state index in [1.165, 1.54) is 0 Å². The molecule has 0 aromatic heterocycles. The maximum absolute atomic E-state index is 12.0. The summed E-state index contributed by atoms with van der Waals surface area (Å²) < 4.78 is 144. The molecule has 0 heterocycles. The highest BCUT2D eigenvalue weighted by molar-refractivity contribution is 7.48.